The molecule has 0 saturated heterocycles. The molecule has 0 radical (unpaired) electrons. The summed E-state index contributed by atoms with van der Waals surface area (Å²) in [7, 11) is 4.08. The number of nitrogens with zero attached hydrogens (tertiary/aromatic N) is 2. The first kappa shape index (κ1) is 16.7. The van der Waals surface area contributed by atoms with E-state index in [-0.39, 0.29) is 5.91 Å². The molecule has 1 aromatic heterocycles. The monoisotopic (exact) mass is 298 g/mol. The largest absolute Gasteiger partial charge is 0.369 e. The molecule has 0 aliphatic carbocycles. The Hall–Kier alpha value is -1.33. The quantitative estimate of drug-likeness (QED) is 0.723. The van der Waals surface area contributed by atoms with Gasteiger partial charge in [-0.25, -0.2) is 4.98 Å². The molecular weight excluding hydrogens is 276 g/mol. The molecule has 1 aromatic rings. The van der Waals surface area contributed by atoms with E-state index < -0.39 is 0 Å². The maximum atomic E-state index is 11.9. The molecule has 1 rings (SSSR count). The number of rotatable bonds is 8. The van der Waals surface area contributed by atoms with Crippen molar-refractivity contribution in [3.8, 4) is 0 Å². The van der Waals surface area contributed by atoms with Crippen LogP contribution in [0.3, 0.4) is 0 Å². The zero-order chi connectivity index (χ0) is 15.0. The number of unbranched alkanes of at least 4 members (excludes halogenated alkanes) is 1. The molecule has 5 nitrogen and oxygen atoms in total. The smallest absolute Gasteiger partial charge is 0.252 e. The van der Waals surface area contributed by atoms with Crippen molar-refractivity contribution in [1.82, 2.24) is 15.2 Å². The first-order valence-corrected chi connectivity index (χ1v) is 7.24. The van der Waals surface area contributed by atoms with E-state index in [0.29, 0.717) is 22.9 Å². The number of amides is 1. The topological polar surface area (TPSA) is 57.3 Å². The first-order valence-electron chi connectivity index (χ1n) is 6.87. The summed E-state index contributed by atoms with van der Waals surface area (Å²) in [5.74, 6) is 0.476. The Morgan fingerprint density at radius 2 is 2.15 bits per heavy atom. The minimum absolute atomic E-state index is 0.132. The lowest BCUT2D eigenvalue weighted by Gasteiger charge is -2.10. The Morgan fingerprint density at radius 1 is 1.40 bits per heavy atom. The normalized spacial score (nSPS) is 10.7. The van der Waals surface area contributed by atoms with Gasteiger partial charge in [-0.3, -0.25) is 4.79 Å². The zero-order valence-electron chi connectivity index (χ0n) is 12.4. The number of carbonyl (C=O) groups excluding carboxylic acids is 1. The van der Waals surface area contributed by atoms with E-state index in [1.807, 2.05) is 21.0 Å². The van der Waals surface area contributed by atoms with E-state index in [0.717, 1.165) is 25.9 Å². The van der Waals surface area contributed by atoms with E-state index in [1.54, 1.807) is 12.3 Å². The summed E-state index contributed by atoms with van der Waals surface area (Å²) in [5, 5.41) is 6.37. The van der Waals surface area contributed by atoms with Crippen LogP contribution in [-0.2, 0) is 0 Å². The van der Waals surface area contributed by atoms with E-state index in [1.165, 1.54) is 0 Å². The molecule has 0 aliphatic rings. The predicted molar refractivity (Wildman–Crippen MR) is 83.5 cm³/mol. The van der Waals surface area contributed by atoms with Gasteiger partial charge >= 0.3 is 0 Å². The lowest BCUT2D eigenvalue weighted by Crippen LogP contribution is -2.25. The fourth-order valence-electron chi connectivity index (χ4n) is 1.72. The third-order valence-corrected chi connectivity index (χ3v) is 3.05. The first-order chi connectivity index (χ1) is 9.54. The lowest BCUT2D eigenvalue weighted by molar-refractivity contribution is 0.0952. The number of hydrogen-bond acceptors (Lipinski definition) is 4. The number of aromatic nitrogens is 1. The van der Waals surface area contributed by atoms with Gasteiger partial charge in [0.05, 0.1) is 10.6 Å². The average molecular weight is 299 g/mol. The highest BCUT2D eigenvalue weighted by Crippen LogP contribution is 2.19. The maximum absolute atomic E-state index is 11.9. The Labute approximate surface area is 125 Å². The van der Waals surface area contributed by atoms with Crippen molar-refractivity contribution in [2.75, 3.05) is 39.0 Å². The van der Waals surface area contributed by atoms with Crippen molar-refractivity contribution in [2.24, 2.45) is 0 Å². The second-order valence-electron chi connectivity index (χ2n) is 4.85. The molecule has 0 bridgehead atoms. The van der Waals surface area contributed by atoms with Gasteiger partial charge in [-0.05, 0) is 46.5 Å². The van der Waals surface area contributed by atoms with Gasteiger partial charge in [0.15, 0.2) is 0 Å². The van der Waals surface area contributed by atoms with Crippen molar-refractivity contribution in [1.29, 1.82) is 0 Å². The van der Waals surface area contributed by atoms with Gasteiger partial charge in [0.2, 0.25) is 0 Å². The zero-order valence-corrected chi connectivity index (χ0v) is 13.1. The third-order valence-electron chi connectivity index (χ3n) is 2.77. The Morgan fingerprint density at radius 3 is 2.75 bits per heavy atom. The van der Waals surface area contributed by atoms with Gasteiger partial charge in [0, 0.05) is 19.3 Å². The summed E-state index contributed by atoms with van der Waals surface area (Å²) in [6, 6.07) is 1.64. The van der Waals surface area contributed by atoms with Crippen molar-refractivity contribution >= 4 is 23.3 Å². The van der Waals surface area contributed by atoms with Crippen LogP contribution in [0, 0.1) is 0 Å². The van der Waals surface area contributed by atoms with Gasteiger partial charge in [-0.2, -0.15) is 0 Å². The summed E-state index contributed by atoms with van der Waals surface area (Å²) in [4.78, 5) is 18.2. The molecule has 0 aromatic carbocycles. The number of hydrogen-bond donors (Lipinski definition) is 2. The van der Waals surface area contributed by atoms with E-state index in [9.17, 15) is 4.79 Å². The second-order valence-corrected chi connectivity index (χ2v) is 5.26. The molecule has 112 valence electrons. The maximum Gasteiger partial charge on any atom is 0.252 e. The van der Waals surface area contributed by atoms with Crippen LogP contribution in [0.15, 0.2) is 12.3 Å². The minimum atomic E-state index is -0.132. The molecule has 0 aliphatic heterocycles. The highest BCUT2D eigenvalue weighted by Gasteiger charge is 2.09. The number of carbonyl (C=O) groups is 1. The molecule has 0 fully saturated rings. The van der Waals surface area contributed by atoms with Gasteiger partial charge in [-0.1, -0.05) is 11.6 Å². The molecule has 0 unspecified atom stereocenters. The van der Waals surface area contributed by atoms with Crippen LogP contribution in [0.2, 0.25) is 5.02 Å². The molecule has 0 saturated carbocycles. The Balaban J connectivity index is 2.41. The van der Waals surface area contributed by atoms with Crippen molar-refractivity contribution in [3.05, 3.63) is 22.8 Å². The van der Waals surface area contributed by atoms with Crippen LogP contribution in [0.1, 0.15) is 30.1 Å². The fourth-order valence-corrected chi connectivity index (χ4v) is 1.95. The van der Waals surface area contributed by atoms with Crippen LogP contribution < -0.4 is 10.6 Å². The van der Waals surface area contributed by atoms with Crippen LogP contribution in [0.4, 0.5) is 5.82 Å². The summed E-state index contributed by atoms with van der Waals surface area (Å²) >= 11 is 6.06. The molecule has 20 heavy (non-hydrogen) atoms. The number of halogens is 1. The summed E-state index contributed by atoms with van der Waals surface area (Å²) in [6.45, 7) is 4.40. The molecule has 0 spiro atoms. The van der Waals surface area contributed by atoms with E-state index in [4.69, 9.17) is 11.6 Å². The van der Waals surface area contributed by atoms with E-state index in [2.05, 4.69) is 20.5 Å². The van der Waals surface area contributed by atoms with Crippen molar-refractivity contribution in [3.63, 3.8) is 0 Å². The Bertz CT molecular complexity index is 437. The minimum Gasteiger partial charge on any atom is -0.369 e. The van der Waals surface area contributed by atoms with Crippen molar-refractivity contribution < 1.29 is 4.79 Å². The third kappa shape index (κ3) is 5.75. The lowest BCUT2D eigenvalue weighted by atomic mass is 10.2. The number of anilines is 1. The van der Waals surface area contributed by atoms with Crippen LogP contribution >= 0.6 is 11.6 Å². The van der Waals surface area contributed by atoms with Crippen LogP contribution in [0.5, 0.6) is 0 Å². The van der Waals surface area contributed by atoms with Gasteiger partial charge < -0.3 is 15.5 Å². The molecule has 1 heterocycles. The highest BCUT2D eigenvalue weighted by atomic mass is 35.5. The van der Waals surface area contributed by atoms with Gasteiger partial charge in [0.25, 0.3) is 5.91 Å². The molecule has 0 atom stereocenters. The summed E-state index contributed by atoms with van der Waals surface area (Å²) < 4.78 is 0. The molecular formula is C14H23ClN4O. The highest BCUT2D eigenvalue weighted by molar-refractivity contribution is 6.33. The predicted octanol–water partition coefficient (Wildman–Crippen LogP) is 2.24. The molecule has 2 N–H and O–H groups in total. The van der Waals surface area contributed by atoms with Gasteiger partial charge in [-0.15, -0.1) is 0 Å². The molecule has 6 heteroatoms. The fraction of sp³-hybridized carbons (Fsp3) is 0.571. The summed E-state index contributed by atoms with van der Waals surface area (Å²) in [6.07, 6.45) is 3.56. The van der Waals surface area contributed by atoms with Crippen LogP contribution in [0.25, 0.3) is 0 Å². The number of nitrogens with one attached hydrogen (secondary N) is 2. The summed E-state index contributed by atoms with van der Waals surface area (Å²) in [5.41, 5.74) is 0.490. The Kier molecular flexibility index (Phi) is 7.33. The molecule has 1 amide bonds. The average Bonchev–Trinajstić information content (AvgIpc) is 2.40. The standard InChI is InChI=1S/C14H23ClN4O/c1-4-16-13-12(15)9-11(10-18-13)14(20)17-7-5-6-8-19(2)3/h9-10H,4-8H2,1-3H3,(H,16,18)(H,17,20). The SMILES string of the molecule is CCNc1ncc(C(=O)NCCCCN(C)C)cc1Cl. The van der Waals surface area contributed by atoms with Crippen LogP contribution in [-0.4, -0.2) is 49.5 Å². The van der Waals surface area contributed by atoms with E-state index >= 15 is 0 Å². The second kappa shape index (κ2) is 8.76. The van der Waals surface area contributed by atoms with Gasteiger partial charge in [0.1, 0.15) is 5.82 Å². The van der Waals surface area contributed by atoms with Crippen molar-refractivity contribution in [2.45, 2.75) is 19.8 Å². The number of pyridine rings is 1.